The summed E-state index contributed by atoms with van der Waals surface area (Å²) in [7, 11) is 0. The Morgan fingerprint density at radius 3 is 2.67 bits per heavy atom. The molecule has 4 heteroatoms. The minimum atomic E-state index is -0.120. The van der Waals surface area contributed by atoms with Crippen LogP contribution in [0.5, 0.6) is 0 Å². The zero-order chi connectivity index (χ0) is 13.5. The van der Waals surface area contributed by atoms with Gasteiger partial charge in [-0.2, -0.15) is 0 Å². The molecule has 1 N–H and O–H groups in total. The molecule has 0 radical (unpaired) electrons. The fraction of sp³-hybridized carbons (Fsp3) is 0.429. The molecule has 0 spiro atoms. The Morgan fingerprint density at radius 2 is 2.11 bits per heavy atom. The molecule has 0 aromatic heterocycles. The number of rotatable bonds is 2. The van der Waals surface area contributed by atoms with E-state index >= 15 is 0 Å². The van der Waals surface area contributed by atoms with Gasteiger partial charge in [0.05, 0.1) is 0 Å². The van der Waals surface area contributed by atoms with Gasteiger partial charge in [0.25, 0.3) is 0 Å². The van der Waals surface area contributed by atoms with Crippen LogP contribution in [0.2, 0.25) is 0 Å². The summed E-state index contributed by atoms with van der Waals surface area (Å²) in [6.45, 7) is 7.74. The monoisotopic (exact) mass is 246 g/mol. The van der Waals surface area contributed by atoms with Gasteiger partial charge in [0.15, 0.2) is 0 Å². The van der Waals surface area contributed by atoms with Crippen LogP contribution in [-0.2, 0) is 15.0 Å². The number of benzene rings is 1. The molecule has 1 aliphatic rings. The molecular weight excluding hydrogens is 228 g/mol. The normalized spacial score (nSPS) is 20.4. The summed E-state index contributed by atoms with van der Waals surface area (Å²) in [6.07, 6.45) is 0.871. The number of nitrogens with zero attached hydrogens (tertiary/aromatic N) is 1. The van der Waals surface area contributed by atoms with Crippen molar-refractivity contribution in [2.45, 2.75) is 39.2 Å². The van der Waals surface area contributed by atoms with E-state index < -0.39 is 0 Å². The second-order valence-corrected chi connectivity index (χ2v) is 5.32. The molecule has 96 valence electrons. The van der Waals surface area contributed by atoms with Crippen molar-refractivity contribution in [1.29, 1.82) is 0 Å². The molecule has 1 aromatic carbocycles. The van der Waals surface area contributed by atoms with E-state index in [1.165, 1.54) is 6.92 Å². The van der Waals surface area contributed by atoms with Crippen molar-refractivity contribution in [2.75, 3.05) is 10.2 Å². The molecule has 4 nitrogen and oxygen atoms in total. The van der Waals surface area contributed by atoms with Gasteiger partial charge in [-0.1, -0.05) is 13.8 Å². The third kappa shape index (κ3) is 1.78. The quantitative estimate of drug-likeness (QED) is 0.814. The number of hydrogen-bond acceptors (Lipinski definition) is 2. The van der Waals surface area contributed by atoms with Gasteiger partial charge in [-0.25, -0.2) is 0 Å². The van der Waals surface area contributed by atoms with Crippen molar-refractivity contribution in [2.24, 2.45) is 0 Å². The molecule has 1 heterocycles. The average molecular weight is 246 g/mol. The summed E-state index contributed by atoms with van der Waals surface area (Å²) in [5.74, 6) is -0.0916. The van der Waals surface area contributed by atoms with Crippen molar-refractivity contribution in [3.63, 3.8) is 0 Å². The third-order valence-electron chi connectivity index (χ3n) is 3.86. The highest BCUT2D eigenvalue weighted by atomic mass is 16.1. The van der Waals surface area contributed by atoms with E-state index in [1.54, 1.807) is 4.90 Å². The van der Waals surface area contributed by atoms with E-state index in [-0.39, 0.29) is 17.4 Å². The third-order valence-corrected chi connectivity index (χ3v) is 3.86. The molecule has 1 atom stereocenters. The van der Waals surface area contributed by atoms with Crippen LogP contribution in [-0.4, -0.2) is 18.4 Å². The Hall–Kier alpha value is -1.84. The van der Waals surface area contributed by atoms with Gasteiger partial charge < -0.3 is 10.2 Å². The van der Waals surface area contributed by atoms with Crippen LogP contribution in [0.4, 0.5) is 11.4 Å². The number of hydrogen-bond donors (Lipinski definition) is 1. The smallest absolute Gasteiger partial charge is 0.221 e. The molecule has 1 aliphatic heterocycles. The first-order valence-electron chi connectivity index (χ1n) is 6.03. The first-order valence-corrected chi connectivity index (χ1v) is 6.03. The van der Waals surface area contributed by atoms with Crippen molar-refractivity contribution in [3.8, 4) is 0 Å². The van der Waals surface area contributed by atoms with Crippen molar-refractivity contribution < 1.29 is 9.59 Å². The SMILES string of the molecule is CC(=O)Nc1ccc2c(c1)C(C)(C)C(C)N2C=O. The topological polar surface area (TPSA) is 49.4 Å². The molecule has 1 unspecified atom stereocenters. The van der Waals surface area contributed by atoms with E-state index in [9.17, 15) is 9.59 Å². The largest absolute Gasteiger partial charge is 0.326 e. The standard InChI is InChI=1S/C14H18N2O2/c1-9-14(3,4)12-7-11(15-10(2)18)5-6-13(12)16(9)8-17/h5-9H,1-4H3,(H,15,18). The van der Waals surface area contributed by atoms with E-state index in [0.29, 0.717) is 0 Å². The molecule has 0 saturated carbocycles. The van der Waals surface area contributed by atoms with Gasteiger partial charge in [-0.05, 0) is 30.7 Å². The average Bonchev–Trinajstić information content (AvgIpc) is 2.47. The van der Waals surface area contributed by atoms with Crippen LogP contribution in [0.25, 0.3) is 0 Å². The minimum absolute atomic E-state index is 0.0916. The fourth-order valence-electron chi connectivity index (χ4n) is 2.49. The highest BCUT2D eigenvalue weighted by Gasteiger charge is 2.41. The Kier molecular flexibility index (Phi) is 2.89. The van der Waals surface area contributed by atoms with Crippen LogP contribution < -0.4 is 10.2 Å². The molecule has 2 amide bonds. The van der Waals surface area contributed by atoms with Crippen LogP contribution in [0.3, 0.4) is 0 Å². The predicted octanol–water partition coefficient (Wildman–Crippen LogP) is 2.29. The van der Waals surface area contributed by atoms with E-state index in [4.69, 9.17) is 0 Å². The lowest BCUT2D eigenvalue weighted by Crippen LogP contribution is -2.38. The minimum Gasteiger partial charge on any atom is -0.326 e. The molecule has 2 rings (SSSR count). The summed E-state index contributed by atoms with van der Waals surface area (Å²) in [4.78, 5) is 24.0. The lowest BCUT2D eigenvalue weighted by Gasteiger charge is -2.27. The first-order chi connectivity index (χ1) is 8.37. The van der Waals surface area contributed by atoms with Crippen LogP contribution in [0.1, 0.15) is 33.3 Å². The maximum Gasteiger partial charge on any atom is 0.221 e. The zero-order valence-electron chi connectivity index (χ0n) is 11.2. The summed E-state index contributed by atoms with van der Waals surface area (Å²) >= 11 is 0. The van der Waals surface area contributed by atoms with Gasteiger partial charge in [-0.3, -0.25) is 9.59 Å². The maximum absolute atomic E-state index is 11.2. The van der Waals surface area contributed by atoms with Gasteiger partial charge in [0.1, 0.15) is 0 Å². The number of amides is 2. The van der Waals surface area contributed by atoms with Crippen molar-refractivity contribution >= 4 is 23.7 Å². The number of nitrogens with one attached hydrogen (secondary N) is 1. The lowest BCUT2D eigenvalue weighted by atomic mass is 9.81. The molecule has 18 heavy (non-hydrogen) atoms. The van der Waals surface area contributed by atoms with Crippen molar-refractivity contribution in [1.82, 2.24) is 0 Å². The molecule has 0 bridgehead atoms. The number of fused-ring (bicyclic) bond motifs is 1. The van der Waals surface area contributed by atoms with Crippen LogP contribution in [0.15, 0.2) is 18.2 Å². The van der Waals surface area contributed by atoms with Crippen LogP contribution in [0, 0.1) is 0 Å². The molecular formula is C14H18N2O2. The predicted molar refractivity (Wildman–Crippen MR) is 71.8 cm³/mol. The van der Waals surface area contributed by atoms with Gasteiger partial charge in [0.2, 0.25) is 12.3 Å². The summed E-state index contributed by atoms with van der Waals surface area (Å²) < 4.78 is 0. The van der Waals surface area contributed by atoms with E-state index in [2.05, 4.69) is 19.2 Å². The maximum atomic E-state index is 11.2. The molecule has 0 aliphatic carbocycles. The second-order valence-electron chi connectivity index (χ2n) is 5.32. The summed E-state index contributed by atoms with van der Waals surface area (Å²) in [6, 6.07) is 5.78. The summed E-state index contributed by atoms with van der Waals surface area (Å²) in [5.41, 5.74) is 2.67. The Bertz CT molecular complexity index is 509. The molecule has 1 aromatic rings. The second kappa shape index (κ2) is 4.12. The van der Waals surface area contributed by atoms with Gasteiger partial charge >= 0.3 is 0 Å². The van der Waals surface area contributed by atoms with Crippen molar-refractivity contribution in [3.05, 3.63) is 23.8 Å². The molecule has 0 fully saturated rings. The van der Waals surface area contributed by atoms with E-state index in [0.717, 1.165) is 23.3 Å². The molecule has 0 saturated heterocycles. The lowest BCUT2D eigenvalue weighted by molar-refractivity contribution is -0.114. The number of carbonyl (C=O) groups is 2. The van der Waals surface area contributed by atoms with Gasteiger partial charge in [0, 0.05) is 29.8 Å². The number of carbonyl (C=O) groups excluding carboxylic acids is 2. The highest BCUT2D eigenvalue weighted by molar-refractivity contribution is 5.90. The summed E-state index contributed by atoms with van der Waals surface area (Å²) in [5, 5.41) is 2.77. The Balaban J connectivity index is 2.50. The Labute approximate surface area is 107 Å². The zero-order valence-corrected chi connectivity index (χ0v) is 11.2. The van der Waals surface area contributed by atoms with E-state index in [1.807, 2.05) is 25.1 Å². The number of anilines is 2. The van der Waals surface area contributed by atoms with Gasteiger partial charge in [-0.15, -0.1) is 0 Å². The fourth-order valence-corrected chi connectivity index (χ4v) is 2.49. The highest BCUT2D eigenvalue weighted by Crippen LogP contribution is 2.45. The van der Waals surface area contributed by atoms with Crippen LogP contribution >= 0.6 is 0 Å². The Morgan fingerprint density at radius 1 is 1.44 bits per heavy atom. The first kappa shape index (κ1) is 12.6.